The Morgan fingerprint density at radius 2 is 2.05 bits per heavy atom. The summed E-state index contributed by atoms with van der Waals surface area (Å²) in [5, 5.41) is 3.48. The molecule has 1 aliphatic rings. The molecule has 1 aliphatic heterocycles. The molecule has 114 valence electrons. The van der Waals surface area contributed by atoms with Gasteiger partial charge in [-0.3, -0.25) is 4.90 Å². The van der Waals surface area contributed by atoms with Gasteiger partial charge in [-0.05, 0) is 39.8 Å². The topological polar surface area (TPSA) is 42.3 Å². The SMILES string of the molecule is C[C@@H]1CN(CCCCNCc2cncn2C)C[C@@H](C)O1. The second-order valence-electron chi connectivity index (χ2n) is 5.90. The number of rotatable bonds is 7. The minimum absolute atomic E-state index is 0.377. The first-order chi connectivity index (χ1) is 9.65. The predicted octanol–water partition coefficient (Wildman–Crippen LogP) is 1.40. The van der Waals surface area contributed by atoms with Crippen molar-refractivity contribution in [1.82, 2.24) is 19.8 Å². The molecular weight excluding hydrogens is 252 g/mol. The number of aromatic nitrogens is 2. The van der Waals surface area contributed by atoms with E-state index in [1.54, 1.807) is 0 Å². The van der Waals surface area contributed by atoms with Crippen LogP contribution in [0.4, 0.5) is 0 Å². The molecule has 1 fully saturated rings. The number of ether oxygens (including phenoxy) is 1. The fourth-order valence-corrected chi connectivity index (χ4v) is 2.82. The van der Waals surface area contributed by atoms with Crippen LogP contribution >= 0.6 is 0 Å². The highest BCUT2D eigenvalue weighted by Gasteiger charge is 2.21. The summed E-state index contributed by atoms with van der Waals surface area (Å²) in [6.07, 6.45) is 6.99. The highest BCUT2D eigenvalue weighted by Crippen LogP contribution is 2.11. The van der Waals surface area contributed by atoms with Crippen molar-refractivity contribution in [3.05, 3.63) is 18.2 Å². The lowest BCUT2D eigenvalue weighted by Gasteiger charge is -2.35. The lowest BCUT2D eigenvalue weighted by atomic mass is 10.2. The zero-order chi connectivity index (χ0) is 14.4. The molecule has 2 rings (SSSR count). The van der Waals surface area contributed by atoms with Crippen molar-refractivity contribution in [2.24, 2.45) is 7.05 Å². The van der Waals surface area contributed by atoms with E-state index in [1.807, 2.05) is 19.6 Å². The maximum Gasteiger partial charge on any atom is 0.0945 e. The van der Waals surface area contributed by atoms with E-state index in [9.17, 15) is 0 Å². The number of unbranched alkanes of at least 4 members (excludes halogenated alkanes) is 1. The Balaban J connectivity index is 1.52. The summed E-state index contributed by atoms with van der Waals surface area (Å²) in [7, 11) is 2.03. The zero-order valence-electron chi connectivity index (χ0n) is 13.0. The van der Waals surface area contributed by atoms with Gasteiger partial charge >= 0.3 is 0 Å². The van der Waals surface area contributed by atoms with Gasteiger partial charge in [-0.1, -0.05) is 0 Å². The largest absolute Gasteiger partial charge is 0.373 e. The van der Waals surface area contributed by atoms with Crippen LogP contribution in [0.5, 0.6) is 0 Å². The minimum atomic E-state index is 0.377. The first-order valence-electron chi connectivity index (χ1n) is 7.69. The van der Waals surface area contributed by atoms with Crippen LogP contribution in [0.2, 0.25) is 0 Å². The van der Waals surface area contributed by atoms with Crippen molar-refractivity contribution in [3.8, 4) is 0 Å². The van der Waals surface area contributed by atoms with Gasteiger partial charge in [0.15, 0.2) is 0 Å². The summed E-state index contributed by atoms with van der Waals surface area (Å²) in [5.41, 5.74) is 1.24. The molecule has 1 aromatic rings. The van der Waals surface area contributed by atoms with Crippen molar-refractivity contribution in [2.75, 3.05) is 26.2 Å². The highest BCUT2D eigenvalue weighted by atomic mass is 16.5. The first kappa shape index (κ1) is 15.5. The molecule has 0 bridgehead atoms. The number of hydrogen-bond donors (Lipinski definition) is 1. The summed E-state index contributed by atoms with van der Waals surface area (Å²) < 4.78 is 7.81. The molecule has 0 saturated carbocycles. The van der Waals surface area contributed by atoms with Gasteiger partial charge in [-0.2, -0.15) is 0 Å². The van der Waals surface area contributed by atoms with Gasteiger partial charge in [0.25, 0.3) is 0 Å². The van der Waals surface area contributed by atoms with Gasteiger partial charge in [0.1, 0.15) is 0 Å². The van der Waals surface area contributed by atoms with Gasteiger partial charge in [0.05, 0.1) is 24.2 Å². The van der Waals surface area contributed by atoms with Gasteiger partial charge in [0.2, 0.25) is 0 Å². The minimum Gasteiger partial charge on any atom is -0.373 e. The van der Waals surface area contributed by atoms with Gasteiger partial charge in [0, 0.05) is 32.9 Å². The third-order valence-corrected chi connectivity index (χ3v) is 3.80. The number of imidazole rings is 1. The second-order valence-corrected chi connectivity index (χ2v) is 5.90. The van der Waals surface area contributed by atoms with Crippen molar-refractivity contribution in [1.29, 1.82) is 0 Å². The van der Waals surface area contributed by atoms with Gasteiger partial charge < -0.3 is 14.6 Å². The summed E-state index contributed by atoms with van der Waals surface area (Å²) in [5.74, 6) is 0. The Morgan fingerprint density at radius 3 is 2.70 bits per heavy atom. The average molecular weight is 280 g/mol. The number of hydrogen-bond acceptors (Lipinski definition) is 4. The Hall–Kier alpha value is -0.910. The molecular formula is C15H28N4O. The molecule has 0 aromatic carbocycles. The van der Waals surface area contributed by atoms with E-state index >= 15 is 0 Å². The van der Waals surface area contributed by atoms with Crippen LogP contribution in [-0.4, -0.2) is 52.8 Å². The molecule has 0 aliphatic carbocycles. The van der Waals surface area contributed by atoms with Gasteiger partial charge in [-0.15, -0.1) is 0 Å². The molecule has 0 amide bonds. The van der Waals surface area contributed by atoms with E-state index in [4.69, 9.17) is 4.74 Å². The molecule has 1 aromatic heterocycles. The molecule has 5 nitrogen and oxygen atoms in total. The summed E-state index contributed by atoms with van der Waals surface area (Å²) in [4.78, 5) is 6.64. The summed E-state index contributed by atoms with van der Waals surface area (Å²) in [6.45, 7) is 9.64. The van der Waals surface area contributed by atoms with Crippen molar-refractivity contribution >= 4 is 0 Å². The molecule has 20 heavy (non-hydrogen) atoms. The smallest absolute Gasteiger partial charge is 0.0945 e. The Bertz CT molecular complexity index is 383. The third-order valence-electron chi connectivity index (χ3n) is 3.80. The van der Waals surface area contributed by atoms with Crippen LogP contribution in [0.15, 0.2) is 12.5 Å². The van der Waals surface area contributed by atoms with E-state index in [-0.39, 0.29) is 0 Å². The lowest BCUT2D eigenvalue weighted by molar-refractivity contribution is -0.0681. The monoisotopic (exact) mass is 280 g/mol. The Labute approximate surface area is 122 Å². The fourth-order valence-electron chi connectivity index (χ4n) is 2.82. The van der Waals surface area contributed by atoms with Crippen LogP contribution < -0.4 is 5.32 Å². The Morgan fingerprint density at radius 1 is 1.30 bits per heavy atom. The molecule has 5 heteroatoms. The number of aryl methyl sites for hydroxylation is 1. The highest BCUT2D eigenvalue weighted by molar-refractivity contribution is 4.96. The summed E-state index contributed by atoms with van der Waals surface area (Å²) in [6, 6.07) is 0. The van der Waals surface area contributed by atoms with E-state index in [1.165, 1.54) is 25.1 Å². The number of morpholine rings is 1. The van der Waals surface area contributed by atoms with Crippen LogP contribution in [0.3, 0.4) is 0 Å². The average Bonchev–Trinajstić information content (AvgIpc) is 2.78. The first-order valence-corrected chi connectivity index (χ1v) is 7.69. The molecule has 2 atom stereocenters. The molecule has 0 unspecified atom stereocenters. The quantitative estimate of drug-likeness (QED) is 0.767. The van der Waals surface area contributed by atoms with E-state index < -0.39 is 0 Å². The summed E-state index contributed by atoms with van der Waals surface area (Å²) >= 11 is 0. The Kier molecular flexibility index (Phi) is 6.01. The molecule has 0 radical (unpaired) electrons. The van der Waals surface area contributed by atoms with Gasteiger partial charge in [-0.25, -0.2) is 4.98 Å². The number of nitrogens with one attached hydrogen (secondary N) is 1. The molecule has 1 N–H and O–H groups in total. The van der Waals surface area contributed by atoms with E-state index in [2.05, 4.69) is 33.6 Å². The molecule has 0 spiro atoms. The maximum atomic E-state index is 5.75. The van der Waals surface area contributed by atoms with E-state index in [0.29, 0.717) is 12.2 Å². The fraction of sp³-hybridized carbons (Fsp3) is 0.800. The predicted molar refractivity (Wildman–Crippen MR) is 80.6 cm³/mol. The lowest BCUT2D eigenvalue weighted by Crippen LogP contribution is -2.45. The van der Waals surface area contributed by atoms with Crippen LogP contribution in [-0.2, 0) is 18.3 Å². The normalized spacial score (nSPS) is 24.1. The van der Waals surface area contributed by atoms with E-state index in [0.717, 1.165) is 26.2 Å². The molecule has 1 saturated heterocycles. The van der Waals surface area contributed by atoms with Crippen LogP contribution in [0.25, 0.3) is 0 Å². The third kappa shape index (κ3) is 4.89. The standard InChI is InChI=1S/C15H28N4O/c1-13-10-19(11-14(2)20-13)7-5-4-6-16-8-15-9-17-12-18(15)3/h9,12-14,16H,4-8,10-11H2,1-3H3/t13-,14-/m1/s1. The van der Waals surface area contributed by atoms with Crippen LogP contribution in [0.1, 0.15) is 32.4 Å². The van der Waals surface area contributed by atoms with Crippen molar-refractivity contribution < 1.29 is 4.74 Å². The maximum absolute atomic E-state index is 5.75. The van der Waals surface area contributed by atoms with Crippen molar-refractivity contribution in [2.45, 2.75) is 45.4 Å². The van der Waals surface area contributed by atoms with Crippen molar-refractivity contribution in [3.63, 3.8) is 0 Å². The van der Waals surface area contributed by atoms with Crippen LogP contribution in [0, 0.1) is 0 Å². The number of nitrogens with zero attached hydrogens (tertiary/aromatic N) is 3. The second kappa shape index (κ2) is 7.76. The zero-order valence-corrected chi connectivity index (χ0v) is 13.0. The molecule has 2 heterocycles.